The van der Waals surface area contributed by atoms with Crippen molar-refractivity contribution in [2.24, 2.45) is 0 Å². The maximum absolute atomic E-state index is 12.1. The Hall–Kier alpha value is -1.74. The number of benzene rings is 2. The average molecular weight is 299 g/mol. The molecule has 1 unspecified atom stereocenters. The predicted octanol–water partition coefficient (Wildman–Crippen LogP) is 4.35. The topological polar surface area (TPSA) is 29.1 Å². The highest BCUT2D eigenvalue weighted by Crippen LogP contribution is 2.19. The molecule has 1 N–H and O–H groups in total. The summed E-state index contributed by atoms with van der Waals surface area (Å²) in [7, 11) is 0. The second-order valence-electron chi connectivity index (χ2n) is 5.04. The third kappa shape index (κ3) is 4.94. The summed E-state index contributed by atoms with van der Waals surface area (Å²) in [6.45, 7) is 4.16. The molecule has 21 heavy (non-hydrogen) atoms. The van der Waals surface area contributed by atoms with Gasteiger partial charge in [0.05, 0.1) is 11.8 Å². The van der Waals surface area contributed by atoms with Gasteiger partial charge >= 0.3 is 0 Å². The molecular formula is C18H21NOS. The lowest BCUT2D eigenvalue weighted by Crippen LogP contribution is -2.29. The summed E-state index contributed by atoms with van der Waals surface area (Å²) in [5.74, 6) is 0.531. The van der Waals surface area contributed by atoms with Crippen LogP contribution in [0.1, 0.15) is 30.5 Å². The van der Waals surface area contributed by atoms with Gasteiger partial charge in [0.2, 0.25) is 5.91 Å². The van der Waals surface area contributed by atoms with Gasteiger partial charge in [-0.15, -0.1) is 11.8 Å². The van der Waals surface area contributed by atoms with Crippen LogP contribution in [-0.2, 0) is 4.79 Å². The minimum absolute atomic E-state index is 0.0799. The Kier molecular flexibility index (Phi) is 5.88. The molecule has 2 aromatic rings. The number of carbonyl (C=O) groups excluding carboxylic acids is 1. The van der Waals surface area contributed by atoms with Gasteiger partial charge in [-0.05, 0) is 31.0 Å². The summed E-state index contributed by atoms with van der Waals surface area (Å²) in [6, 6.07) is 18.4. The van der Waals surface area contributed by atoms with Crippen LogP contribution in [-0.4, -0.2) is 11.7 Å². The molecule has 0 saturated carbocycles. The summed E-state index contributed by atoms with van der Waals surface area (Å²) >= 11 is 1.57. The molecule has 1 amide bonds. The standard InChI is InChI=1S/C18H21NOS/c1-3-17(15-11-9-14(2)10-12-15)19-18(20)13-21-16-7-5-4-6-8-16/h4-12,17H,3,13H2,1-2H3,(H,19,20). The first-order valence-corrected chi connectivity index (χ1v) is 8.21. The van der Waals surface area contributed by atoms with Gasteiger partial charge in [0.1, 0.15) is 0 Å². The van der Waals surface area contributed by atoms with E-state index in [1.807, 2.05) is 30.3 Å². The molecule has 0 bridgehead atoms. The first-order chi connectivity index (χ1) is 10.2. The minimum atomic E-state index is 0.0799. The number of rotatable bonds is 6. The lowest BCUT2D eigenvalue weighted by Gasteiger charge is -2.17. The van der Waals surface area contributed by atoms with Gasteiger partial charge in [-0.1, -0.05) is 55.0 Å². The summed E-state index contributed by atoms with van der Waals surface area (Å²) in [4.78, 5) is 13.2. The molecule has 2 nitrogen and oxygen atoms in total. The molecule has 0 spiro atoms. The number of amides is 1. The van der Waals surface area contributed by atoms with E-state index in [0.29, 0.717) is 5.75 Å². The van der Waals surface area contributed by atoms with E-state index in [1.54, 1.807) is 11.8 Å². The van der Waals surface area contributed by atoms with Crippen molar-refractivity contribution in [2.75, 3.05) is 5.75 Å². The largest absolute Gasteiger partial charge is 0.349 e. The SMILES string of the molecule is CCC(NC(=O)CSc1ccccc1)c1ccc(C)cc1. The smallest absolute Gasteiger partial charge is 0.230 e. The van der Waals surface area contributed by atoms with Crippen molar-refractivity contribution in [1.29, 1.82) is 0 Å². The number of carbonyl (C=O) groups is 1. The van der Waals surface area contributed by atoms with E-state index in [9.17, 15) is 4.79 Å². The second-order valence-corrected chi connectivity index (χ2v) is 6.09. The Morgan fingerprint density at radius 1 is 1.10 bits per heavy atom. The monoisotopic (exact) mass is 299 g/mol. The maximum atomic E-state index is 12.1. The molecule has 0 fully saturated rings. The zero-order chi connectivity index (χ0) is 15.1. The average Bonchev–Trinajstić information content (AvgIpc) is 2.52. The van der Waals surface area contributed by atoms with Crippen LogP contribution in [0.2, 0.25) is 0 Å². The van der Waals surface area contributed by atoms with E-state index in [0.717, 1.165) is 11.3 Å². The number of hydrogen-bond donors (Lipinski definition) is 1. The fourth-order valence-corrected chi connectivity index (χ4v) is 2.85. The predicted molar refractivity (Wildman–Crippen MR) is 89.5 cm³/mol. The molecule has 2 rings (SSSR count). The quantitative estimate of drug-likeness (QED) is 0.803. The zero-order valence-electron chi connectivity index (χ0n) is 12.5. The van der Waals surface area contributed by atoms with E-state index in [4.69, 9.17) is 0 Å². The normalized spacial score (nSPS) is 11.9. The van der Waals surface area contributed by atoms with Crippen molar-refractivity contribution >= 4 is 17.7 Å². The molecule has 1 atom stereocenters. The Morgan fingerprint density at radius 2 is 1.76 bits per heavy atom. The highest BCUT2D eigenvalue weighted by Gasteiger charge is 2.12. The van der Waals surface area contributed by atoms with Crippen molar-refractivity contribution in [3.05, 3.63) is 65.7 Å². The van der Waals surface area contributed by atoms with Crippen molar-refractivity contribution < 1.29 is 4.79 Å². The Morgan fingerprint density at radius 3 is 2.38 bits per heavy atom. The Labute approximate surface area is 131 Å². The van der Waals surface area contributed by atoms with Crippen LogP contribution < -0.4 is 5.32 Å². The zero-order valence-corrected chi connectivity index (χ0v) is 13.3. The minimum Gasteiger partial charge on any atom is -0.349 e. The van der Waals surface area contributed by atoms with E-state index >= 15 is 0 Å². The van der Waals surface area contributed by atoms with Gasteiger partial charge in [-0.3, -0.25) is 4.79 Å². The molecule has 2 aromatic carbocycles. The first-order valence-electron chi connectivity index (χ1n) is 7.23. The van der Waals surface area contributed by atoms with Crippen molar-refractivity contribution in [2.45, 2.75) is 31.2 Å². The fraction of sp³-hybridized carbons (Fsp3) is 0.278. The highest BCUT2D eigenvalue weighted by molar-refractivity contribution is 8.00. The summed E-state index contributed by atoms with van der Waals surface area (Å²) in [5, 5.41) is 3.11. The molecule has 0 saturated heterocycles. The molecule has 0 aliphatic rings. The van der Waals surface area contributed by atoms with Crippen LogP contribution in [0.25, 0.3) is 0 Å². The summed E-state index contributed by atoms with van der Waals surface area (Å²) in [6.07, 6.45) is 0.894. The van der Waals surface area contributed by atoms with E-state index in [2.05, 4.69) is 43.4 Å². The number of hydrogen-bond acceptors (Lipinski definition) is 2. The Bertz CT molecular complexity index is 566. The van der Waals surface area contributed by atoms with Crippen LogP contribution in [0.15, 0.2) is 59.5 Å². The summed E-state index contributed by atoms with van der Waals surface area (Å²) < 4.78 is 0. The van der Waals surface area contributed by atoms with Crippen molar-refractivity contribution in [3.8, 4) is 0 Å². The Balaban J connectivity index is 1.89. The molecular weight excluding hydrogens is 278 g/mol. The van der Waals surface area contributed by atoms with Crippen molar-refractivity contribution in [1.82, 2.24) is 5.32 Å². The van der Waals surface area contributed by atoms with Crippen LogP contribution in [0, 0.1) is 6.92 Å². The van der Waals surface area contributed by atoms with Crippen LogP contribution in [0.5, 0.6) is 0 Å². The van der Waals surface area contributed by atoms with Crippen LogP contribution >= 0.6 is 11.8 Å². The van der Waals surface area contributed by atoms with Gasteiger partial charge in [0, 0.05) is 4.90 Å². The van der Waals surface area contributed by atoms with Gasteiger partial charge < -0.3 is 5.32 Å². The van der Waals surface area contributed by atoms with Gasteiger partial charge in [-0.2, -0.15) is 0 Å². The second kappa shape index (κ2) is 7.89. The van der Waals surface area contributed by atoms with Gasteiger partial charge in [0.25, 0.3) is 0 Å². The first kappa shape index (κ1) is 15.6. The van der Waals surface area contributed by atoms with Crippen LogP contribution in [0.4, 0.5) is 0 Å². The van der Waals surface area contributed by atoms with E-state index < -0.39 is 0 Å². The number of aryl methyl sites for hydroxylation is 1. The van der Waals surface area contributed by atoms with Crippen LogP contribution in [0.3, 0.4) is 0 Å². The molecule has 0 radical (unpaired) electrons. The molecule has 110 valence electrons. The number of thioether (sulfide) groups is 1. The molecule has 0 heterocycles. The fourth-order valence-electron chi connectivity index (χ4n) is 2.12. The molecule has 3 heteroatoms. The lowest BCUT2D eigenvalue weighted by atomic mass is 10.0. The van der Waals surface area contributed by atoms with Gasteiger partial charge in [0.15, 0.2) is 0 Å². The van der Waals surface area contributed by atoms with E-state index in [-0.39, 0.29) is 11.9 Å². The third-order valence-electron chi connectivity index (χ3n) is 3.34. The lowest BCUT2D eigenvalue weighted by molar-refractivity contribution is -0.119. The molecule has 0 aliphatic carbocycles. The summed E-state index contributed by atoms with van der Waals surface area (Å²) in [5.41, 5.74) is 2.40. The molecule has 0 aromatic heterocycles. The maximum Gasteiger partial charge on any atom is 0.230 e. The number of nitrogens with one attached hydrogen (secondary N) is 1. The highest BCUT2D eigenvalue weighted by atomic mass is 32.2. The van der Waals surface area contributed by atoms with Crippen molar-refractivity contribution in [3.63, 3.8) is 0 Å². The third-order valence-corrected chi connectivity index (χ3v) is 4.35. The van der Waals surface area contributed by atoms with Gasteiger partial charge in [-0.25, -0.2) is 0 Å². The van der Waals surface area contributed by atoms with E-state index in [1.165, 1.54) is 11.1 Å². The molecule has 0 aliphatic heterocycles.